The normalized spacial score (nSPS) is 23.4. The van der Waals surface area contributed by atoms with E-state index in [9.17, 15) is 56.1 Å². The van der Waals surface area contributed by atoms with Gasteiger partial charge in [0.05, 0.1) is 30.3 Å². The van der Waals surface area contributed by atoms with Crippen LogP contribution in [0.25, 0.3) is 11.3 Å². The van der Waals surface area contributed by atoms with Crippen molar-refractivity contribution in [2.45, 2.75) is 94.0 Å². The summed E-state index contributed by atoms with van der Waals surface area (Å²) in [6.45, 7) is -0.358. The molecule has 0 radical (unpaired) electrons. The molecule has 0 spiro atoms. The fourth-order valence-electron chi connectivity index (χ4n) is 9.26. The maximum Gasteiger partial charge on any atom is 0.418 e. The van der Waals surface area contributed by atoms with E-state index in [2.05, 4.69) is 41.6 Å². The van der Waals surface area contributed by atoms with Crippen LogP contribution in [0, 0.1) is 17.0 Å². The Morgan fingerprint density at radius 1 is 1.03 bits per heavy atom. The number of aliphatic hydroxyl groups excluding tert-OH is 2. The van der Waals surface area contributed by atoms with Gasteiger partial charge in [-0.3, -0.25) is 34.7 Å². The second-order valence-electron chi connectivity index (χ2n) is 18.3. The van der Waals surface area contributed by atoms with Crippen molar-refractivity contribution in [1.29, 1.82) is 5.41 Å². The molecule has 7 N–H and O–H groups in total. The van der Waals surface area contributed by atoms with Crippen LogP contribution in [0.3, 0.4) is 0 Å². The molecule has 3 aliphatic heterocycles. The Labute approximate surface area is 442 Å². The summed E-state index contributed by atoms with van der Waals surface area (Å²) in [7, 11) is 0. The molecule has 4 aliphatic rings. The van der Waals surface area contributed by atoms with E-state index >= 15 is 0 Å². The number of aliphatic imine (C=N–C) groups is 1. The standard InChI is InChI=1S/C49H44Cl2F5N11O10/c1-21(57)59-45(62-34-13-24(50)2-6-30(34)49(54,55)56)44-43(41(42(71)37(19-68)77-44)67-18-35(64-65-67)22-11-31(52)40(51)32(53)12-22)75-20-39(70)60-26-14-28(15-26)76-27-4-7-33(58-16-27)46(72)61-25-3-5-29-23(10-25)17-66(48(29)74)36-8-9-38(69)63-47(36)73/h2-7,10-13,16,18,26,28,36-37,41-44,68,71H,8-9,14-15,17,19-20H2,1H3,(H,60,70)(H,61,72)(H2,57,59,62)(H,63,69,73)/t26-,28+,36-,37+,41-,42-,43+,44+/m0/s1. The summed E-state index contributed by atoms with van der Waals surface area (Å²) in [6, 6.07) is 9.33. The molecule has 21 nitrogen and oxygen atoms in total. The molecule has 404 valence electrons. The molecule has 2 aromatic heterocycles. The molecule has 9 rings (SSSR count). The van der Waals surface area contributed by atoms with Gasteiger partial charge in [0.2, 0.25) is 17.7 Å². The van der Waals surface area contributed by atoms with E-state index < -0.39 is 131 Å². The van der Waals surface area contributed by atoms with Crippen LogP contribution in [0.2, 0.25) is 10.0 Å². The average molecular weight is 1110 g/mol. The summed E-state index contributed by atoms with van der Waals surface area (Å²) >= 11 is 11.8. The number of aromatic nitrogens is 4. The molecule has 1 aliphatic carbocycles. The van der Waals surface area contributed by atoms with E-state index in [1.54, 1.807) is 18.2 Å². The number of nitrogens with zero attached hydrogens (tertiary/aromatic N) is 6. The number of rotatable bonds is 14. The zero-order valence-corrected chi connectivity index (χ0v) is 41.5. The highest BCUT2D eigenvalue weighted by atomic mass is 35.5. The zero-order chi connectivity index (χ0) is 55.0. The molecule has 6 atom stereocenters. The highest BCUT2D eigenvalue weighted by Gasteiger charge is 2.50. The first-order valence-electron chi connectivity index (χ1n) is 23.5. The number of ether oxygens (including phenoxy) is 3. The van der Waals surface area contributed by atoms with Gasteiger partial charge in [0.15, 0.2) is 0 Å². The lowest BCUT2D eigenvalue weighted by molar-refractivity contribution is -0.200. The average Bonchev–Trinajstić information content (AvgIpc) is 4.00. The topological polar surface area (TPSA) is 285 Å². The van der Waals surface area contributed by atoms with Crippen molar-refractivity contribution in [2.75, 3.05) is 23.8 Å². The molecule has 5 heterocycles. The number of aliphatic hydroxyl groups is 2. The Hall–Kier alpha value is -7.49. The highest BCUT2D eigenvalue weighted by molar-refractivity contribution is 6.31. The van der Waals surface area contributed by atoms with Crippen molar-refractivity contribution < 1.29 is 70.3 Å². The number of anilines is 2. The van der Waals surface area contributed by atoms with Gasteiger partial charge >= 0.3 is 6.18 Å². The molecule has 3 fully saturated rings. The Kier molecular flexibility index (Phi) is 15.7. The third-order valence-corrected chi connectivity index (χ3v) is 13.6. The second-order valence-corrected chi connectivity index (χ2v) is 19.2. The van der Waals surface area contributed by atoms with Gasteiger partial charge in [-0.15, -0.1) is 5.10 Å². The quantitative estimate of drug-likeness (QED) is 0.0246. The van der Waals surface area contributed by atoms with Crippen LogP contribution in [-0.4, -0.2) is 132 Å². The smallest absolute Gasteiger partial charge is 0.418 e. The Bertz CT molecular complexity index is 3170. The lowest BCUT2D eigenvalue weighted by Gasteiger charge is -2.44. The van der Waals surface area contributed by atoms with E-state index in [4.69, 9.17) is 42.8 Å². The van der Waals surface area contributed by atoms with Crippen LogP contribution in [0.1, 0.15) is 70.6 Å². The first-order valence-corrected chi connectivity index (χ1v) is 24.3. The summed E-state index contributed by atoms with van der Waals surface area (Å²) in [6.07, 6.45) is -8.60. The van der Waals surface area contributed by atoms with Crippen molar-refractivity contribution in [3.8, 4) is 17.0 Å². The van der Waals surface area contributed by atoms with Crippen LogP contribution >= 0.6 is 23.2 Å². The molecular formula is C49H44Cl2F5N11O10. The van der Waals surface area contributed by atoms with E-state index in [-0.39, 0.29) is 47.3 Å². The molecule has 3 aromatic carbocycles. The van der Waals surface area contributed by atoms with Gasteiger partial charge < -0.3 is 45.3 Å². The van der Waals surface area contributed by atoms with Crippen molar-refractivity contribution >= 4 is 75.8 Å². The van der Waals surface area contributed by atoms with Crippen LogP contribution in [0.5, 0.6) is 5.75 Å². The number of hydrogen-bond donors (Lipinski definition) is 7. The number of fused-ring (bicyclic) bond motifs is 1. The molecular weight excluding hydrogens is 1070 g/mol. The lowest BCUT2D eigenvalue weighted by atomic mass is 9.89. The monoisotopic (exact) mass is 1110 g/mol. The number of carbonyl (C=O) groups is 5. The number of nitrogens with one attached hydrogen (secondary N) is 5. The van der Waals surface area contributed by atoms with Gasteiger partial charge in [-0.25, -0.2) is 23.4 Å². The fraction of sp³-hybridized carbons (Fsp3) is 0.347. The van der Waals surface area contributed by atoms with Crippen molar-refractivity contribution in [3.05, 3.63) is 117 Å². The lowest BCUT2D eigenvalue weighted by Crippen LogP contribution is -2.60. The number of amides is 5. The first kappa shape index (κ1) is 54.3. The number of hydrogen-bond acceptors (Lipinski definition) is 14. The minimum atomic E-state index is -4.93. The Balaban J connectivity index is 0.856. The zero-order valence-electron chi connectivity index (χ0n) is 40.0. The van der Waals surface area contributed by atoms with Crippen molar-refractivity contribution in [1.82, 2.24) is 35.5 Å². The van der Waals surface area contributed by atoms with Crippen LogP contribution < -0.4 is 26.0 Å². The van der Waals surface area contributed by atoms with Gasteiger partial charge in [-0.1, -0.05) is 28.4 Å². The summed E-state index contributed by atoms with van der Waals surface area (Å²) in [5.41, 5.74) is -0.713. The summed E-state index contributed by atoms with van der Waals surface area (Å²) in [5, 5.41) is 47.7. The third-order valence-electron chi connectivity index (χ3n) is 13.0. The van der Waals surface area contributed by atoms with Gasteiger partial charge in [-0.2, -0.15) is 13.2 Å². The SMILES string of the molecule is CC(=N)/N=C(\Nc1cc(Cl)ccc1C(F)(F)F)[C@@H]1O[C@H](CO)[C@H](O)[C@H](n2cc(-c3cc(F)c(Cl)c(F)c3)nn2)[C@H]1OCC(=O)N[C@H]1C[C@@H](Oc2ccc(C(=O)Nc3ccc4c(c3)CN([C@H]3CCC(=O)NC3=O)C4=O)nc2)C1. The van der Waals surface area contributed by atoms with Crippen molar-refractivity contribution in [2.24, 2.45) is 4.99 Å². The van der Waals surface area contributed by atoms with Gasteiger partial charge in [0.25, 0.3) is 11.8 Å². The number of imide groups is 1. The molecule has 28 heteroatoms. The minimum Gasteiger partial charge on any atom is -0.489 e. The number of halogens is 7. The molecule has 0 bridgehead atoms. The number of amidine groups is 2. The highest BCUT2D eigenvalue weighted by Crippen LogP contribution is 2.39. The van der Waals surface area contributed by atoms with E-state index in [0.29, 0.717) is 41.5 Å². The number of carbonyl (C=O) groups excluding carboxylic acids is 5. The van der Waals surface area contributed by atoms with Gasteiger partial charge in [0.1, 0.15) is 94.7 Å². The molecule has 0 unspecified atom stereocenters. The van der Waals surface area contributed by atoms with E-state index in [0.717, 1.165) is 35.1 Å². The predicted molar refractivity (Wildman–Crippen MR) is 262 cm³/mol. The van der Waals surface area contributed by atoms with E-state index in [1.807, 2.05) is 0 Å². The maximum absolute atomic E-state index is 14.5. The number of alkyl halides is 3. The largest absolute Gasteiger partial charge is 0.489 e. The van der Waals surface area contributed by atoms with Crippen LogP contribution in [0.15, 0.2) is 78.0 Å². The maximum atomic E-state index is 14.5. The first-order chi connectivity index (χ1) is 36.6. The Morgan fingerprint density at radius 2 is 1.78 bits per heavy atom. The summed E-state index contributed by atoms with van der Waals surface area (Å²) in [5.74, 6) is -5.46. The van der Waals surface area contributed by atoms with Gasteiger partial charge in [0, 0.05) is 53.7 Å². The minimum absolute atomic E-state index is 0.0411. The molecule has 5 amide bonds. The fourth-order valence-corrected chi connectivity index (χ4v) is 9.54. The summed E-state index contributed by atoms with van der Waals surface area (Å²) in [4.78, 5) is 73.6. The third kappa shape index (κ3) is 11.9. The van der Waals surface area contributed by atoms with Crippen molar-refractivity contribution in [3.63, 3.8) is 0 Å². The molecule has 77 heavy (non-hydrogen) atoms. The molecule has 1 saturated carbocycles. The van der Waals surface area contributed by atoms with Crippen LogP contribution in [-0.2, 0) is 36.6 Å². The van der Waals surface area contributed by atoms with E-state index in [1.165, 1.54) is 30.2 Å². The number of pyridine rings is 1. The number of benzene rings is 3. The predicted octanol–water partition coefficient (Wildman–Crippen LogP) is 5.24. The molecule has 2 saturated heterocycles. The Morgan fingerprint density at radius 3 is 2.45 bits per heavy atom. The number of piperidine rings is 1. The summed E-state index contributed by atoms with van der Waals surface area (Å²) < 4.78 is 91.2. The van der Waals surface area contributed by atoms with Crippen LogP contribution in [0.4, 0.5) is 33.3 Å². The molecule has 5 aromatic rings. The van der Waals surface area contributed by atoms with Gasteiger partial charge in [-0.05, 0) is 79.6 Å². The second kappa shape index (κ2) is 22.2.